The Balaban J connectivity index is 1.37. The summed E-state index contributed by atoms with van der Waals surface area (Å²) < 4.78 is 10.4. The zero-order valence-electron chi connectivity index (χ0n) is 17.4. The van der Waals surface area contributed by atoms with Crippen LogP contribution in [0.3, 0.4) is 0 Å². The van der Waals surface area contributed by atoms with Crippen molar-refractivity contribution in [2.45, 2.75) is 44.8 Å². The molecule has 2 bridgehead atoms. The highest BCUT2D eigenvalue weighted by Crippen LogP contribution is 2.49. The van der Waals surface area contributed by atoms with E-state index in [1.54, 1.807) is 4.90 Å². The quantitative estimate of drug-likeness (QED) is 0.749. The molecule has 1 heterocycles. The number of ether oxygens (including phenoxy) is 2. The van der Waals surface area contributed by atoms with Gasteiger partial charge < -0.3 is 19.7 Å². The summed E-state index contributed by atoms with van der Waals surface area (Å²) in [4.78, 5) is 39.3. The van der Waals surface area contributed by atoms with E-state index in [-0.39, 0.29) is 42.3 Å². The number of benzene rings is 1. The molecule has 0 radical (unpaired) electrons. The molecule has 2 saturated carbocycles. The molecule has 1 aromatic carbocycles. The third-order valence-corrected chi connectivity index (χ3v) is 6.95. The van der Waals surface area contributed by atoms with Crippen molar-refractivity contribution in [3.8, 4) is 0 Å². The first-order chi connectivity index (χ1) is 14.6. The van der Waals surface area contributed by atoms with Crippen LogP contribution in [0.2, 0.25) is 0 Å². The van der Waals surface area contributed by atoms with E-state index in [0.29, 0.717) is 19.0 Å². The average Bonchev–Trinajstić information content (AvgIpc) is 3.39. The van der Waals surface area contributed by atoms with E-state index in [2.05, 4.69) is 5.32 Å². The lowest BCUT2D eigenvalue weighted by Gasteiger charge is -2.34. The van der Waals surface area contributed by atoms with Gasteiger partial charge in [0.15, 0.2) is 0 Å². The van der Waals surface area contributed by atoms with Crippen molar-refractivity contribution < 1.29 is 23.9 Å². The highest BCUT2D eigenvalue weighted by atomic mass is 16.5. The van der Waals surface area contributed by atoms with Gasteiger partial charge in [-0.3, -0.25) is 9.59 Å². The van der Waals surface area contributed by atoms with E-state index in [4.69, 9.17) is 9.47 Å². The van der Waals surface area contributed by atoms with Crippen molar-refractivity contribution in [3.63, 3.8) is 0 Å². The molecule has 0 unspecified atom stereocenters. The smallest absolute Gasteiger partial charge is 0.409 e. The molecule has 7 heteroatoms. The van der Waals surface area contributed by atoms with E-state index in [9.17, 15) is 14.4 Å². The number of piperidine rings is 1. The molecule has 1 saturated heterocycles. The first kappa shape index (κ1) is 20.7. The molecular formula is C23H30N2O5. The summed E-state index contributed by atoms with van der Waals surface area (Å²) in [6.07, 6.45) is 4.14. The molecule has 5 atom stereocenters. The van der Waals surface area contributed by atoms with Crippen LogP contribution in [0.5, 0.6) is 0 Å². The molecule has 2 aliphatic carbocycles. The van der Waals surface area contributed by atoms with Gasteiger partial charge in [0.1, 0.15) is 6.61 Å². The number of amides is 2. The molecule has 1 aliphatic heterocycles. The van der Waals surface area contributed by atoms with Gasteiger partial charge in [-0.15, -0.1) is 0 Å². The number of esters is 1. The second kappa shape index (κ2) is 9.06. The van der Waals surface area contributed by atoms with Crippen LogP contribution in [0.15, 0.2) is 30.3 Å². The monoisotopic (exact) mass is 414 g/mol. The summed E-state index contributed by atoms with van der Waals surface area (Å²) in [7, 11) is 1.35. The Hall–Kier alpha value is -2.57. The van der Waals surface area contributed by atoms with Crippen LogP contribution in [0, 0.1) is 23.7 Å². The summed E-state index contributed by atoms with van der Waals surface area (Å²) in [5.41, 5.74) is 0.958. The first-order valence-corrected chi connectivity index (χ1v) is 10.9. The summed E-state index contributed by atoms with van der Waals surface area (Å²) in [5, 5.41) is 3.17. The number of hydrogen-bond acceptors (Lipinski definition) is 5. The van der Waals surface area contributed by atoms with Gasteiger partial charge in [-0.05, 0) is 49.5 Å². The van der Waals surface area contributed by atoms with Gasteiger partial charge in [-0.1, -0.05) is 30.3 Å². The van der Waals surface area contributed by atoms with Gasteiger partial charge in [-0.25, -0.2) is 4.79 Å². The molecule has 4 rings (SSSR count). The highest BCUT2D eigenvalue weighted by Gasteiger charge is 2.52. The zero-order valence-corrected chi connectivity index (χ0v) is 17.4. The predicted molar refractivity (Wildman–Crippen MR) is 109 cm³/mol. The molecule has 1 aromatic rings. The Morgan fingerprint density at radius 2 is 1.87 bits per heavy atom. The molecule has 30 heavy (non-hydrogen) atoms. The van der Waals surface area contributed by atoms with Crippen LogP contribution in [-0.2, 0) is 25.7 Å². The maximum Gasteiger partial charge on any atom is 0.409 e. The Morgan fingerprint density at radius 3 is 2.63 bits per heavy atom. The summed E-state index contributed by atoms with van der Waals surface area (Å²) in [6.45, 7) is 1.23. The van der Waals surface area contributed by atoms with Gasteiger partial charge in [0.2, 0.25) is 5.91 Å². The van der Waals surface area contributed by atoms with Crippen molar-refractivity contribution in [3.05, 3.63) is 35.9 Å². The van der Waals surface area contributed by atoms with Crippen LogP contribution in [0.4, 0.5) is 4.79 Å². The molecule has 0 spiro atoms. The van der Waals surface area contributed by atoms with E-state index in [1.807, 2.05) is 30.3 Å². The molecule has 1 N–H and O–H groups in total. The number of rotatable bonds is 5. The van der Waals surface area contributed by atoms with Crippen molar-refractivity contribution >= 4 is 18.0 Å². The minimum Gasteiger partial charge on any atom is -0.461 e. The maximum atomic E-state index is 13.0. The number of nitrogens with zero attached hydrogens (tertiary/aromatic N) is 1. The molecule has 3 fully saturated rings. The topological polar surface area (TPSA) is 84.9 Å². The highest BCUT2D eigenvalue weighted by molar-refractivity contribution is 5.82. The van der Waals surface area contributed by atoms with E-state index < -0.39 is 6.09 Å². The summed E-state index contributed by atoms with van der Waals surface area (Å²) in [5.74, 6) is -0.220. The predicted octanol–water partition coefficient (Wildman–Crippen LogP) is 2.74. The minimum atomic E-state index is -0.394. The van der Waals surface area contributed by atoms with E-state index in [0.717, 1.165) is 37.7 Å². The number of carbonyl (C=O) groups excluding carboxylic acids is 3. The van der Waals surface area contributed by atoms with Crippen molar-refractivity contribution in [2.75, 3.05) is 20.2 Å². The number of fused-ring (bicyclic) bond motifs is 2. The Labute approximate surface area is 177 Å². The third-order valence-electron chi connectivity index (χ3n) is 6.95. The van der Waals surface area contributed by atoms with E-state index in [1.165, 1.54) is 7.11 Å². The number of nitrogens with one attached hydrogen (secondary N) is 1. The normalized spacial score (nSPS) is 30.0. The van der Waals surface area contributed by atoms with Crippen LogP contribution >= 0.6 is 0 Å². The lowest BCUT2D eigenvalue weighted by atomic mass is 9.84. The summed E-state index contributed by atoms with van der Waals surface area (Å²) >= 11 is 0. The van der Waals surface area contributed by atoms with Gasteiger partial charge in [-0.2, -0.15) is 0 Å². The Morgan fingerprint density at radius 1 is 1.10 bits per heavy atom. The molecule has 0 aromatic heterocycles. The molecule has 2 amide bonds. The minimum absolute atomic E-state index is 0.0676. The lowest BCUT2D eigenvalue weighted by molar-refractivity contribution is -0.153. The second-order valence-electron chi connectivity index (χ2n) is 8.74. The fraction of sp³-hybridized carbons (Fsp3) is 0.609. The first-order valence-electron chi connectivity index (χ1n) is 10.9. The maximum absolute atomic E-state index is 13.0. The molecule has 162 valence electrons. The van der Waals surface area contributed by atoms with Crippen molar-refractivity contribution in [1.29, 1.82) is 0 Å². The largest absolute Gasteiger partial charge is 0.461 e. The standard InChI is InChI=1S/C23H30N2O5/c1-29-23(28)25-11-5-8-18(13-25)21(26)24-20-17-10-9-16(12-17)19(20)22(27)30-14-15-6-3-2-4-7-15/h2-4,6-7,16-20H,5,8-14H2,1H3,(H,24,26)/t16-,17-,18-,19-,20+/m0/s1. The van der Waals surface area contributed by atoms with Crippen LogP contribution in [0.1, 0.15) is 37.7 Å². The molecular weight excluding hydrogens is 384 g/mol. The van der Waals surface area contributed by atoms with Gasteiger partial charge in [0.05, 0.1) is 18.9 Å². The second-order valence-corrected chi connectivity index (χ2v) is 8.74. The zero-order chi connectivity index (χ0) is 21.1. The summed E-state index contributed by atoms with van der Waals surface area (Å²) in [6, 6.07) is 9.47. The van der Waals surface area contributed by atoms with Gasteiger partial charge in [0.25, 0.3) is 0 Å². The fourth-order valence-electron chi connectivity index (χ4n) is 5.43. The van der Waals surface area contributed by atoms with Crippen LogP contribution < -0.4 is 5.32 Å². The van der Waals surface area contributed by atoms with Crippen LogP contribution in [-0.4, -0.2) is 49.1 Å². The number of methoxy groups -OCH3 is 1. The third kappa shape index (κ3) is 4.30. The van der Waals surface area contributed by atoms with Crippen molar-refractivity contribution in [2.24, 2.45) is 23.7 Å². The molecule has 7 nitrogen and oxygen atoms in total. The Bertz CT molecular complexity index is 783. The fourth-order valence-corrected chi connectivity index (χ4v) is 5.43. The average molecular weight is 415 g/mol. The van der Waals surface area contributed by atoms with Crippen LogP contribution in [0.25, 0.3) is 0 Å². The number of hydrogen-bond donors (Lipinski definition) is 1. The number of carbonyl (C=O) groups is 3. The van der Waals surface area contributed by atoms with Crippen molar-refractivity contribution in [1.82, 2.24) is 10.2 Å². The van der Waals surface area contributed by atoms with Gasteiger partial charge >= 0.3 is 12.1 Å². The Kier molecular flexibility index (Phi) is 6.25. The number of likely N-dealkylation sites (tertiary alicyclic amines) is 1. The SMILES string of the molecule is COC(=O)N1CCC[C@H](C(=O)N[C@@H]2[C@H]3CC[C@@H](C3)[C@@H]2C(=O)OCc2ccccc2)C1. The lowest BCUT2D eigenvalue weighted by Crippen LogP contribution is -2.52. The molecule has 3 aliphatic rings. The van der Waals surface area contributed by atoms with Gasteiger partial charge in [0, 0.05) is 19.1 Å². The van der Waals surface area contributed by atoms with E-state index >= 15 is 0 Å².